The number of sulfonamides is 1. The van der Waals surface area contributed by atoms with E-state index in [-0.39, 0.29) is 4.90 Å². The highest BCUT2D eigenvalue weighted by Crippen LogP contribution is 2.20. The Hall–Kier alpha value is -1.09. The second kappa shape index (κ2) is 4.42. The first-order chi connectivity index (χ1) is 7.59. The number of hydrogen-bond acceptors (Lipinski definition) is 3. The van der Waals surface area contributed by atoms with Crippen LogP contribution in [0, 0.1) is 3.57 Å². The van der Waals surface area contributed by atoms with Crippen molar-refractivity contribution in [1.29, 1.82) is 0 Å². The maximum absolute atomic E-state index is 11.8. The second-order valence-corrected chi connectivity index (χ2v) is 5.86. The molecule has 0 saturated heterocycles. The number of halogens is 1. The molecule has 0 bridgehead atoms. The number of aromatic nitrogens is 2. The number of hydrogen-bond donors (Lipinski definition) is 2. The van der Waals surface area contributed by atoms with E-state index >= 15 is 0 Å². The predicted octanol–water partition coefficient (Wildman–Crippen LogP) is 1.82. The van der Waals surface area contributed by atoms with Crippen LogP contribution in [0.4, 0.5) is 5.69 Å². The summed E-state index contributed by atoms with van der Waals surface area (Å²) in [5, 5.41) is 6.07. The number of aromatic amines is 1. The topological polar surface area (TPSA) is 74.8 Å². The molecule has 0 aliphatic rings. The number of H-pyrrole nitrogens is 1. The van der Waals surface area contributed by atoms with Crippen LogP contribution in [-0.2, 0) is 10.0 Å². The summed E-state index contributed by atoms with van der Waals surface area (Å²) in [6.07, 6.45) is 2.59. The number of anilines is 1. The van der Waals surface area contributed by atoms with Crippen molar-refractivity contribution >= 4 is 38.3 Å². The Morgan fingerprint density at radius 1 is 1.31 bits per heavy atom. The van der Waals surface area contributed by atoms with Gasteiger partial charge in [0.1, 0.15) is 4.90 Å². The third-order valence-electron chi connectivity index (χ3n) is 1.90. The molecule has 2 rings (SSSR count). The molecule has 0 aliphatic heterocycles. The maximum Gasteiger partial charge on any atom is 0.265 e. The molecule has 0 amide bonds. The number of para-hydroxylation sites is 1. The first-order valence-electron chi connectivity index (χ1n) is 4.36. The van der Waals surface area contributed by atoms with E-state index in [0.29, 0.717) is 5.69 Å². The molecular weight excluding hydrogens is 341 g/mol. The summed E-state index contributed by atoms with van der Waals surface area (Å²) >= 11 is 2.07. The predicted molar refractivity (Wildman–Crippen MR) is 68.6 cm³/mol. The van der Waals surface area contributed by atoms with Crippen LogP contribution in [0.1, 0.15) is 0 Å². The van der Waals surface area contributed by atoms with Gasteiger partial charge in [0.15, 0.2) is 0 Å². The SMILES string of the molecule is O=S(=O)(Nc1ccccc1I)c1cn[nH]c1. The Kier molecular flexibility index (Phi) is 3.15. The van der Waals surface area contributed by atoms with Crippen molar-refractivity contribution in [3.63, 3.8) is 0 Å². The molecule has 1 aromatic carbocycles. The molecule has 84 valence electrons. The van der Waals surface area contributed by atoms with E-state index in [4.69, 9.17) is 0 Å². The second-order valence-electron chi connectivity index (χ2n) is 3.02. The van der Waals surface area contributed by atoms with Crippen molar-refractivity contribution in [1.82, 2.24) is 10.2 Å². The lowest BCUT2D eigenvalue weighted by Gasteiger charge is -2.07. The Labute approximate surface area is 106 Å². The molecule has 2 N–H and O–H groups in total. The molecule has 0 atom stereocenters. The van der Waals surface area contributed by atoms with Crippen molar-refractivity contribution in [2.45, 2.75) is 4.90 Å². The van der Waals surface area contributed by atoms with Gasteiger partial charge in [-0.3, -0.25) is 9.82 Å². The van der Waals surface area contributed by atoms with E-state index in [1.54, 1.807) is 12.1 Å². The smallest absolute Gasteiger partial charge is 0.265 e. The summed E-state index contributed by atoms with van der Waals surface area (Å²) in [6, 6.07) is 7.15. The van der Waals surface area contributed by atoms with E-state index in [1.807, 2.05) is 12.1 Å². The number of benzene rings is 1. The molecular formula is C9H8IN3O2S. The first kappa shape index (κ1) is 11.4. The van der Waals surface area contributed by atoms with Crippen LogP contribution in [-0.4, -0.2) is 18.6 Å². The summed E-state index contributed by atoms with van der Waals surface area (Å²) in [5.74, 6) is 0. The van der Waals surface area contributed by atoms with E-state index < -0.39 is 10.0 Å². The standard InChI is InChI=1S/C9H8IN3O2S/c10-8-3-1-2-4-9(8)13-16(14,15)7-5-11-12-6-7/h1-6,13H,(H,11,12). The fraction of sp³-hybridized carbons (Fsp3) is 0. The number of nitrogens with zero attached hydrogens (tertiary/aromatic N) is 1. The molecule has 0 radical (unpaired) electrons. The van der Waals surface area contributed by atoms with Gasteiger partial charge in [-0.25, -0.2) is 8.42 Å². The molecule has 0 aliphatic carbocycles. The van der Waals surface area contributed by atoms with Crippen molar-refractivity contribution < 1.29 is 8.42 Å². The van der Waals surface area contributed by atoms with Gasteiger partial charge in [-0.1, -0.05) is 12.1 Å². The molecule has 0 unspecified atom stereocenters. The summed E-state index contributed by atoms with van der Waals surface area (Å²) in [5.41, 5.74) is 0.560. The van der Waals surface area contributed by atoms with Gasteiger partial charge in [0.2, 0.25) is 0 Å². The molecule has 2 aromatic rings. The lowest BCUT2D eigenvalue weighted by molar-refractivity contribution is 0.601. The highest BCUT2D eigenvalue weighted by molar-refractivity contribution is 14.1. The fourth-order valence-corrected chi connectivity index (χ4v) is 2.82. The Balaban J connectivity index is 2.33. The van der Waals surface area contributed by atoms with Crippen LogP contribution in [0.15, 0.2) is 41.6 Å². The highest BCUT2D eigenvalue weighted by atomic mass is 127. The van der Waals surface area contributed by atoms with Crippen molar-refractivity contribution in [3.05, 3.63) is 40.2 Å². The van der Waals surface area contributed by atoms with Crippen molar-refractivity contribution in [3.8, 4) is 0 Å². The van der Waals surface area contributed by atoms with Crippen LogP contribution >= 0.6 is 22.6 Å². The van der Waals surface area contributed by atoms with Crippen LogP contribution in [0.5, 0.6) is 0 Å². The van der Waals surface area contributed by atoms with Gasteiger partial charge in [0.25, 0.3) is 10.0 Å². The fourth-order valence-electron chi connectivity index (χ4n) is 1.13. The van der Waals surface area contributed by atoms with Gasteiger partial charge in [-0.2, -0.15) is 5.10 Å². The zero-order chi connectivity index (χ0) is 11.6. The number of rotatable bonds is 3. The Bertz CT molecular complexity index is 581. The lowest BCUT2D eigenvalue weighted by atomic mass is 10.3. The first-order valence-corrected chi connectivity index (χ1v) is 6.92. The van der Waals surface area contributed by atoms with Gasteiger partial charge in [-0.05, 0) is 34.7 Å². The van der Waals surface area contributed by atoms with Gasteiger partial charge >= 0.3 is 0 Å². The van der Waals surface area contributed by atoms with Crippen molar-refractivity contribution in [2.24, 2.45) is 0 Å². The molecule has 0 saturated carbocycles. The third-order valence-corrected chi connectivity index (χ3v) is 4.17. The van der Waals surface area contributed by atoms with Gasteiger partial charge < -0.3 is 0 Å². The van der Waals surface area contributed by atoms with E-state index in [9.17, 15) is 8.42 Å². The summed E-state index contributed by atoms with van der Waals surface area (Å²) < 4.78 is 27.0. The molecule has 0 fully saturated rings. The normalized spacial score (nSPS) is 11.3. The third kappa shape index (κ3) is 2.35. The van der Waals surface area contributed by atoms with E-state index in [2.05, 4.69) is 37.5 Å². The summed E-state index contributed by atoms with van der Waals surface area (Å²) in [4.78, 5) is 0.118. The quantitative estimate of drug-likeness (QED) is 0.830. The summed E-state index contributed by atoms with van der Waals surface area (Å²) in [6.45, 7) is 0. The van der Waals surface area contributed by atoms with E-state index in [1.165, 1.54) is 12.4 Å². The van der Waals surface area contributed by atoms with Crippen LogP contribution in [0.25, 0.3) is 0 Å². The highest BCUT2D eigenvalue weighted by Gasteiger charge is 2.15. The Morgan fingerprint density at radius 2 is 2.06 bits per heavy atom. The minimum Gasteiger partial charge on any atom is -0.284 e. The molecule has 7 heteroatoms. The zero-order valence-electron chi connectivity index (χ0n) is 8.01. The van der Waals surface area contributed by atoms with Crippen LogP contribution < -0.4 is 4.72 Å². The van der Waals surface area contributed by atoms with Crippen LogP contribution in [0.2, 0.25) is 0 Å². The summed E-state index contributed by atoms with van der Waals surface area (Å²) in [7, 11) is -3.54. The molecule has 1 aromatic heterocycles. The van der Waals surface area contributed by atoms with Crippen molar-refractivity contribution in [2.75, 3.05) is 4.72 Å². The zero-order valence-corrected chi connectivity index (χ0v) is 11.0. The largest absolute Gasteiger partial charge is 0.284 e. The average molecular weight is 349 g/mol. The van der Waals surface area contributed by atoms with Gasteiger partial charge in [0.05, 0.1) is 11.9 Å². The molecule has 5 nitrogen and oxygen atoms in total. The Morgan fingerprint density at radius 3 is 2.69 bits per heavy atom. The maximum atomic E-state index is 11.8. The monoisotopic (exact) mass is 349 g/mol. The minimum absolute atomic E-state index is 0.118. The average Bonchev–Trinajstić information content (AvgIpc) is 2.75. The van der Waals surface area contributed by atoms with Gasteiger partial charge in [0, 0.05) is 9.77 Å². The van der Waals surface area contributed by atoms with Gasteiger partial charge in [-0.15, -0.1) is 0 Å². The molecule has 16 heavy (non-hydrogen) atoms. The molecule has 0 spiro atoms. The molecule has 1 heterocycles. The van der Waals surface area contributed by atoms with Crippen LogP contribution in [0.3, 0.4) is 0 Å². The van der Waals surface area contributed by atoms with E-state index in [0.717, 1.165) is 3.57 Å². The number of nitrogens with one attached hydrogen (secondary N) is 2. The lowest BCUT2D eigenvalue weighted by Crippen LogP contribution is -2.12. The minimum atomic E-state index is -3.54.